The van der Waals surface area contributed by atoms with E-state index in [-0.39, 0.29) is 0 Å². The van der Waals surface area contributed by atoms with Gasteiger partial charge in [0.2, 0.25) is 5.89 Å². The van der Waals surface area contributed by atoms with Crippen molar-refractivity contribution in [2.75, 3.05) is 4.90 Å². The maximum absolute atomic E-state index is 6.56. The van der Waals surface area contributed by atoms with E-state index in [2.05, 4.69) is 120 Å². The summed E-state index contributed by atoms with van der Waals surface area (Å²) in [4.78, 5) is 7.27. The van der Waals surface area contributed by atoms with Gasteiger partial charge in [0.25, 0.3) is 0 Å². The predicted molar refractivity (Wildman–Crippen MR) is 194 cm³/mol. The van der Waals surface area contributed by atoms with Crippen LogP contribution in [-0.2, 0) is 0 Å². The van der Waals surface area contributed by atoms with Crippen molar-refractivity contribution in [1.82, 2.24) is 4.98 Å². The average molecular weight is 603 g/mol. The second kappa shape index (κ2) is 10.1. The molecule has 220 valence electrons. The van der Waals surface area contributed by atoms with Crippen molar-refractivity contribution in [3.63, 3.8) is 0 Å². The van der Waals surface area contributed by atoms with Crippen molar-refractivity contribution in [3.8, 4) is 11.5 Å². The summed E-state index contributed by atoms with van der Waals surface area (Å²) >= 11 is 0. The summed E-state index contributed by atoms with van der Waals surface area (Å²) < 4.78 is 12.9. The van der Waals surface area contributed by atoms with Crippen LogP contribution >= 0.6 is 0 Å². The molecular formula is C43H26N2O2. The maximum atomic E-state index is 6.56. The van der Waals surface area contributed by atoms with E-state index in [0.717, 1.165) is 77.2 Å². The van der Waals surface area contributed by atoms with E-state index in [0.29, 0.717) is 5.89 Å². The van der Waals surface area contributed by atoms with Crippen molar-refractivity contribution >= 4 is 82.4 Å². The maximum Gasteiger partial charge on any atom is 0.227 e. The second-order valence-electron chi connectivity index (χ2n) is 12.0. The topological polar surface area (TPSA) is 42.4 Å². The van der Waals surface area contributed by atoms with Crippen LogP contribution in [-0.4, -0.2) is 4.98 Å². The summed E-state index contributed by atoms with van der Waals surface area (Å²) in [5.74, 6) is 0.622. The van der Waals surface area contributed by atoms with Gasteiger partial charge in [0.15, 0.2) is 5.58 Å². The van der Waals surface area contributed by atoms with Gasteiger partial charge < -0.3 is 13.7 Å². The van der Waals surface area contributed by atoms with Crippen molar-refractivity contribution in [2.45, 2.75) is 0 Å². The molecule has 0 aliphatic heterocycles. The molecule has 47 heavy (non-hydrogen) atoms. The van der Waals surface area contributed by atoms with Gasteiger partial charge in [-0.3, -0.25) is 0 Å². The van der Waals surface area contributed by atoms with Gasteiger partial charge in [0, 0.05) is 27.4 Å². The normalized spacial score (nSPS) is 11.8. The molecule has 10 rings (SSSR count). The Bertz CT molecular complexity index is 2810. The van der Waals surface area contributed by atoms with Crippen LogP contribution in [0, 0.1) is 0 Å². The largest absolute Gasteiger partial charge is 0.456 e. The molecule has 2 heterocycles. The lowest BCUT2D eigenvalue weighted by molar-refractivity contribution is 0.623. The molecular weight excluding hydrogens is 576 g/mol. The quantitative estimate of drug-likeness (QED) is 0.188. The van der Waals surface area contributed by atoms with Gasteiger partial charge in [-0.1, -0.05) is 103 Å². The Labute approximate surface area is 269 Å². The van der Waals surface area contributed by atoms with Crippen molar-refractivity contribution in [3.05, 3.63) is 158 Å². The van der Waals surface area contributed by atoms with E-state index in [1.54, 1.807) is 0 Å². The smallest absolute Gasteiger partial charge is 0.227 e. The third-order valence-corrected chi connectivity index (χ3v) is 9.25. The van der Waals surface area contributed by atoms with Crippen LogP contribution in [0.5, 0.6) is 0 Å². The average Bonchev–Trinajstić information content (AvgIpc) is 3.75. The number of anilines is 3. The summed E-state index contributed by atoms with van der Waals surface area (Å²) in [6.45, 7) is 0. The van der Waals surface area contributed by atoms with Gasteiger partial charge in [-0.25, -0.2) is 4.98 Å². The molecule has 0 spiro atoms. The van der Waals surface area contributed by atoms with E-state index >= 15 is 0 Å². The Kier molecular flexibility index (Phi) is 5.54. The molecule has 0 atom stereocenters. The van der Waals surface area contributed by atoms with Gasteiger partial charge in [-0.05, 0) is 76.1 Å². The molecule has 4 nitrogen and oxygen atoms in total. The van der Waals surface area contributed by atoms with Crippen LogP contribution in [0.4, 0.5) is 17.1 Å². The van der Waals surface area contributed by atoms with E-state index in [1.807, 2.05) is 42.5 Å². The summed E-state index contributed by atoms with van der Waals surface area (Å²) in [5.41, 5.74) is 7.52. The molecule has 0 N–H and O–H groups in total. The molecule has 8 aromatic carbocycles. The van der Waals surface area contributed by atoms with Crippen LogP contribution in [0.1, 0.15) is 0 Å². The van der Waals surface area contributed by atoms with Gasteiger partial charge >= 0.3 is 0 Å². The highest BCUT2D eigenvalue weighted by molar-refractivity contribution is 6.20. The zero-order valence-electron chi connectivity index (χ0n) is 25.2. The van der Waals surface area contributed by atoms with Crippen LogP contribution in [0.25, 0.3) is 76.8 Å². The Morgan fingerprint density at radius 3 is 2.06 bits per heavy atom. The molecule has 0 amide bonds. The summed E-state index contributed by atoms with van der Waals surface area (Å²) in [6.07, 6.45) is 0. The molecule has 0 unspecified atom stereocenters. The molecule has 0 bridgehead atoms. The summed E-state index contributed by atoms with van der Waals surface area (Å²) in [7, 11) is 0. The molecule has 0 radical (unpaired) electrons. The van der Waals surface area contributed by atoms with Gasteiger partial charge in [-0.2, -0.15) is 0 Å². The summed E-state index contributed by atoms with van der Waals surface area (Å²) in [6, 6.07) is 55.1. The summed E-state index contributed by atoms with van der Waals surface area (Å²) in [5, 5.41) is 8.93. The molecule has 0 aliphatic carbocycles. The third-order valence-electron chi connectivity index (χ3n) is 9.25. The number of nitrogens with zero attached hydrogens (tertiary/aromatic N) is 2. The first-order valence-electron chi connectivity index (χ1n) is 15.8. The number of oxazole rings is 1. The van der Waals surface area contributed by atoms with Crippen LogP contribution < -0.4 is 4.90 Å². The van der Waals surface area contributed by atoms with Crippen molar-refractivity contribution < 1.29 is 8.83 Å². The number of rotatable bonds is 4. The molecule has 0 fully saturated rings. The monoisotopic (exact) mass is 602 g/mol. The van der Waals surface area contributed by atoms with Crippen molar-refractivity contribution in [1.29, 1.82) is 0 Å². The lowest BCUT2D eigenvalue weighted by atomic mass is 9.99. The molecule has 0 saturated heterocycles. The highest BCUT2D eigenvalue weighted by atomic mass is 16.3. The highest BCUT2D eigenvalue weighted by Gasteiger charge is 2.22. The van der Waals surface area contributed by atoms with E-state index in [4.69, 9.17) is 13.8 Å². The lowest BCUT2D eigenvalue weighted by Crippen LogP contribution is -2.11. The second-order valence-corrected chi connectivity index (χ2v) is 12.0. The number of hydrogen-bond acceptors (Lipinski definition) is 4. The zero-order chi connectivity index (χ0) is 30.9. The van der Waals surface area contributed by atoms with Crippen LogP contribution in [0.15, 0.2) is 167 Å². The minimum Gasteiger partial charge on any atom is -0.456 e. The van der Waals surface area contributed by atoms with E-state index in [1.165, 1.54) is 10.8 Å². The van der Waals surface area contributed by atoms with Gasteiger partial charge in [0.05, 0.1) is 16.8 Å². The number of benzene rings is 8. The fourth-order valence-electron chi connectivity index (χ4n) is 7.11. The SMILES string of the molecule is c1ccc(-c2nc3ccc4ccc5ccc(N(c6cccc7ccccc67)c6cccc7oc8ccccc8c67)cc5c4c3o2)cc1. The molecule has 10 aromatic rings. The number of furan rings is 1. The first-order chi connectivity index (χ1) is 23.3. The fourth-order valence-corrected chi connectivity index (χ4v) is 7.11. The van der Waals surface area contributed by atoms with E-state index < -0.39 is 0 Å². The number of fused-ring (bicyclic) bond motifs is 9. The standard InChI is InChI=1S/C43H26N2O2/c1-2-11-30(12-3-1)43-44-35-25-23-29-21-20-28-22-24-31(26-34(28)40(29)42(35)47-43)45(36-16-8-13-27-10-4-5-14-32(27)36)37-17-9-19-39-41(37)33-15-6-7-18-38(33)46-39/h1-26H. The molecule has 2 aromatic heterocycles. The molecule has 0 saturated carbocycles. The minimum absolute atomic E-state index is 0.622. The Hall–Kier alpha value is -6.39. The first-order valence-corrected chi connectivity index (χ1v) is 15.8. The van der Waals surface area contributed by atoms with Crippen LogP contribution in [0.3, 0.4) is 0 Å². The highest BCUT2D eigenvalue weighted by Crippen LogP contribution is 2.46. The molecule has 0 aliphatic rings. The first kappa shape index (κ1) is 25.9. The van der Waals surface area contributed by atoms with Gasteiger partial charge in [0.1, 0.15) is 16.7 Å². The predicted octanol–water partition coefficient (Wildman–Crippen LogP) is 12.3. The zero-order valence-corrected chi connectivity index (χ0v) is 25.2. The Morgan fingerprint density at radius 2 is 1.13 bits per heavy atom. The number of para-hydroxylation sites is 1. The Morgan fingerprint density at radius 1 is 0.447 bits per heavy atom. The number of aromatic nitrogens is 1. The lowest BCUT2D eigenvalue weighted by Gasteiger charge is -2.28. The third kappa shape index (κ3) is 3.98. The minimum atomic E-state index is 0.622. The Balaban J connectivity index is 1.29. The molecule has 4 heteroatoms. The number of hydrogen-bond donors (Lipinski definition) is 0. The van der Waals surface area contributed by atoms with Crippen LogP contribution in [0.2, 0.25) is 0 Å². The fraction of sp³-hybridized carbons (Fsp3) is 0. The van der Waals surface area contributed by atoms with Crippen molar-refractivity contribution in [2.24, 2.45) is 0 Å². The van der Waals surface area contributed by atoms with E-state index in [9.17, 15) is 0 Å². The van der Waals surface area contributed by atoms with Gasteiger partial charge in [-0.15, -0.1) is 0 Å².